The van der Waals surface area contributed by atoms with Crippen molar-refractivity contribution < 1.29 is 0 Å². The molecule has 0 saturated heterocycles. The fraction of sp³-hybridized carbons (Fsp3) is 0.250. The highest BCUT2D eigenvalue weighted by Gasteiger charge is 2.25. The largest absolute Gasteiger partial charge is 0.345 e. The molecule has 0 saturated carbocycles. The van der Waals surface area contributed by atoms with E-state index in [0.717, 1.165) is 16.1 Å². The normalized spacial score (nSPS) is 11.8. The minimum absolute atomic E-state index is 0.512. The summed E-state index contributed by atoms with van der Waals surface area (Å²) in [6.45, 7) is 1.94. The minimum atomic E-state index is -2.58. The highest BCUT2D eigenvalue weighted by molar-refractivity contribution is 7.64. The molecule has 0 heterocycles. The summed E-state index contributed by atoms with van der Waals surface area (Å²) in [5, 5.41) is 0.723. The Morgan fingerprint density at radius 1 is 1.23 bits per heavy atom. The minimum Gasteiger partial charge on any atom is -0.126 e. The zero-order valence-corrected chi connectivity index (χ0v) is 11.0. The fourth-order valence-electron chi connectivity index (χ4n) is 0.978. The van der Waals surface area contributed by atoms with Crippen LogP contribution in [0.25, 0.3) is 0 Å². The second kappa shape index (κ2) is 4.41. The lowest BCUT2D eigenvalue weighted by Crippen LogP contribution is -2.14. The van der Waals surface area contributed by atoms with Crippen LogP contribution in [0.1, 0.15) is 11.1 Å². The van der Waals surface area contributed by atoms with E-state index in [2.05, 4.69) is 0 Å². The Morgan fingerprint density at radius 3 is 2.31 bits per heavy atom. The van der Waals surface area contributed by atoms with Crippen LogP contribution in [0, 0.1) is 6.92 Å². The van der Waals surface area contributed by atoms with Crippen molar-refractivity contribution in [3.05, 3.63) is 34.3 Å². The zero-order valence-electron chi connectivity index (χ0n) is 6.95. The van der Waals surface area contributed by atoms with Gasteiger partial charge in [-0.05, 0) is 24.1 Å². The van der Waals surface area contributed by atoms with Crippen LogP contribution >= 0.6 is 44.8 Å². The van der Waals surface area contributed by atoms with Crippen molar-refractivity contribution in [2.45, 2.75) is 13.0 Å². The lowest BCUT2D eigenvalue weighted by atomic mass is 10.2. The topological polar surface area (TPSA) is 0 Å². The molecule has 0 spiro atoms. The van der Waals surface area contributed by atoms with Gasteiger partial charge in [0.05, 0.1) is 0 Å². The Kier molecular flexibility index (Phi) is 3.96. The first-order chi connectivity index (χ1) is 5.88. The first-order valence-corrected chi connectivity index (χ1v) is 9.32. The molecule has 13 heavy (non-hydrogen) atoms. The van der Waals surface area contributed by atoms with Gasteiger partial charge in [-0.1, -0.05) is 23.7 Å². The molecule has 5 heteroatoms. The van der Waals surface area contributed by atoms with Gasteiger partial charge in [-0.2, -0.15) is 0 Å². The van der Waals surface area contributed by atoms with Crippen molar-refractivity contribution >= 4 is 50.8 Å². The fourth-order valence-corrected chi connectivity index (χ4v) is 3.25. The maximum Gasteiger partial charge on any atom is 0.345 e. The molecule has 1 rings (SSSR count). The van der Waals surface area contributed by atoms with Crippen LogP contribution in [-0.2, 0) is 6.04 Å². The second-order valence-corrected chi connectivity index (χ2v) is 12.4. The number of rotatable bonds is 2. The summed E-state index contributed by atoms with van der Waals surface area (Å²) in [6, 6.07) is 3.66. The lowest BCUT2D eigenvalue weighted by Gasteiger charge is -2.08. The molecular formula is C8H8Cl4Si. The number of hydrogen-bond donors (Lipinski definition) is 0. The summed E-state index contributed by atoms with van der Waals surface area (Å²) in [5.41, 5.74) is 2.03. The molecule has 0 fully saturated rings. The first-order valence-electron chi connectivity index (χ1n) is 3.70. The van der Waals surface area contributed by atoms with Gasteiger partial charge in [-0.15, -0.1) is 33.2 Å². The molecule has 0 bridgehead atoms. The summed E-state index contributed by atoms with van der Waals surface area (Å²) in [4.78, 5) is 0. The molecule has 0 radical (unpaired) electrons. The molecule has 0 N–H and O–H groups in total. The number of aryl methyl sites for hydroxylation is 1. The maximum absolute atomic E-state index is 5.93. The average molecular weight is 274 g/mol. The Bertz CT molecular complexity index is 306. The van der Waals surface area contributed by atoms with Crippen molar-refractivity contribution in [2.24, 2.45) is 0 Å². The van der Waals surface area contributed by atoms with E-state index >= 15 is 0 Å². The Morgan fingerprint density at radius 2 is 1.85 bits per heavy atom. The maximum atomic E-state index is 5.93. The summed E-state index contributed by atoms with van der Waals surface area (Å²) >= 11 is 23.3. The summed E-state index contributed by atoms with van der Waals surface area (Å²) in [6.07, 6.45) is 0. The van der Waals surface area contributed by atoms with E-state index in [1.807, 2.05) is 25.1 Å². The van der Waals surface area contributed by atoms with Gasteiger partial charge in [0.2, 0.25) is 0 Å². The monoisotopic (exact) mass is 272 g/mol. The molecule has 0 aliphatic rings. The lowest BCUT2D eigenvalue weighted by molar-refractivity contribution is 1.35. The van der Waals surface area contributed by atoms with Crippen molar-refractivity contribution in [3.63, 3.8) is 0 Å². The van der Waals surface area contributed by atoms with E-state index < -0.39 is 6.00 Å². The molecule has 1 aromatic rings. The molecule has 0 atom stereocenters. The molecule has 72 valence electrons. The van der Waals surface area contributed by atoms with Crippen LogP contribution in [-0.4, -0.2) is 6.00 Å². The van der Waals surface area contributed by atoms with Crippen molar-refractivity contribution in [1.82, 2.24) is 0 Å². The standard InChI is InChI=1S/C8H8Cl4Si/c1-6-2-3-7(4-8(6)9)5-13(10,11)12/h2-4H,5H2,1H3. The Labute approximate surface area is 97.9 Å². The molecule has 0 amide bonds. The Hall–Kier alpha value is 0.597. The third kappa shape index (κ3) is 4.09. The number of hydrogen-bond acceptors (Lipinski definition) is 0. The van der Waals surface area contributed by atoms with Crippen molar-refractivity contribution in [3.8, 4) is 0 Å². The summed E-state index contributed by atoms with van der Waals surface area (Å²) < 4.78 is 0. The third-order valence-corrected chi connectivity index (χ3v) is 4.06. The van der Waals surface area contributed by atoms with Gasteiger partial charge < -0.3 is 0 Å². The summed E-state index contributed by atoms with van der Waals surface area (Å²) in [5.74, 6) is 0. The highest BCUT2D eigenvalue weighted by atomic mass is 35.8. The van der Waals surface area contributed by atoms with E-state index in [1.165, 1.54) is 0 Å². The number of halogens is 4. The van der Waals surface area contributed by atoms with Gasteiger partial charge in [0.25, 0.3) is 0 Å². The van der Waals surface area contributed by atoms with Gasteiger partial charge in [-0.25, -0.2) is 0 Å². The van der Waals surface area contributed by atoms with Crippen LogP contribution < -0.4 is 0 Å². The predicted octanol–water partition coefficient (Wildman–Crippen LogP) is 4.39. The molecular weight excluding hydrogens is 266 g/mol. The molecule has 0 aliphatic carbocycles. The van der Waals surface area contributed by atoms with Crippen LogP contribution in [0.2, 0.25) is 5.02 Å². The van der Waals surface area contributed by atoms with Crippen LogP contribution in [0.4, 0.5) is 0 Å². The SMILES string of the molecule is Cc1ccc(C[Si](Cl)(Cl)Cl)cc1Cl. The first kappa shape index (κ1) is 11.7. The van der Waals surface area contributed by atoms with E-state index in [1.54, 1.807) is 0 Å². The van der Waals surface area contributed by atoms with E-state index in [9.17, 15) is 0 Å². The molecule has 0 unspecified atom stereocenters. The van der Waals surface area contributed by atoms with Crippen LogP contribution in [0.15, 0.2) is 18.2 Å². The van der Waals surface area contributed by atoms with Crippen LogP contribution in [0.5, 0.6) is 0 Å². The van der Waals surface area contributed by atoms with Gasteiger partial charge >= 0.3 is 6.00 Å². The average Bonchev–Trinajstić information content (AvgIpc) is 1.94. The smallest absolute Gasteiger partial charge is 0.126 e. The quantitative estimate of drug-likeness (QED) is 0.554. The highest BCUT2D eigenvalue weighted by Crippen LogP contribution is 2.26. The molecule has 0 nitrogen and oxygen atoms in total. The Balaban J connectivity index is 2.86. The molecule has 1 aromatic carbocycles. The summed E-state index contributed by atoms with van der Waals surface area (Å²) in [7, 11) is 0. The van der Waals surface area contributed by atoms with E-state index in [0.29, 0.717) is 6.04 Å². The van der Waals surface area contributed by atoms with Gasteiger partial charge in [0, 0.05) is 11.1 Å². The molecule has 0 aromatic heterocycles. The second-order valence-electron chi connectivity index (χ2n) is 2.88. The van der Waals surface area contributed by atoms with Crippen molar-refractivity contribution in [2.75, 3.05) is 0 Å². The van der Waals surface area contributed by atoms with Crippen molar-refractivity contribution in [1.29, 1.82) is 0 Å². The predicted molar refractivity (Wildman–Crippen MR) is 63.2 cm³/mol. The van der Waals surface area contributed by atoms with Gasteiger partial charge in [0.15, 0.2) is 0 Å². The van der Waals surface area contributed by atoms with Gasteiger partial charge in [0.1, 0.15) is 0 Å². The van der Waals surface area contributed by atoms with Crippen LogP contribution in [0.3, 0.4) is 0 Å². The van der Waals surface area contributed by atoms with Gasteiger partial charge in [-0.3, -0.25) is 0 Å². The number of benzene rings is 1. The molecule has 0 aliphatic heterocycles. The van der Waals surface area contributed by atoms with E-state index in [4.69, 9.17) is 44.8 Å². The van der Waals surface area contributed by atoms with E-state index in [-0.39, 0.29) is 0 Å². The zero-order chi connectivity index (χ0) is 10.1. The third-order valence-electron chi connectivity index (χ3n) is 1.64.